The van der Waals surface area contributed by atoms with Crippen LogP contribution in [0.1, 0.15) is 33.4 Å². The zero-order valence-corrected chi connectivity index (χ0v) is 28.0. The molecule has 246 valence electrons. The van der Waals surface area contributed by atoms with E-state index in [0.717, 1.165) is 33.4 Å². The zero-order valence-electron chi connectivity index (χ0n) is 28.0. The lowest BCUT2D eigenvalue weighted by atomic mass is 9.72. The molecule has 10 heteroatoms. The van der Waals surface area contributed by atoms with Gasteiger partial charge in [-0.3, -0.25) is 19.6 Å². The van der Waals surface area contributed by atoms with Gasteiger partial charge in [0.25, 0.3) is 0 Å². The number of nitrogens with zero attached hydrogens (tertiary/aromatic N) is 4. The molecule has 8 rings (SSSR count). The van der Waals surface area contributed by atoms with Crippen molar-refractivity contribution in [2.24, 2.45) is 0 Å². The number of rotatable bonds is 6. The minimum Gasteiger partial charge on any atom is -0.493 e. The van der Waals surface area contributed by atoms with Gasteiger partial charge in [0.15, 0.2) is 34.3 Å². The minimum atomic E-state index is -1.37. The maximum absolute atomic E-state index is 15.4. The van der Waals surface area contributed by atoms with E-state index in [2.05, 4.69) is 0 Å². The molecule has 2 atom stereocenters. The Kier molecular flexibility index (Phi) is 6.60. The highest BCUT2D eigenvalue weighted by Gasteiger charge is 2.82. The van der Waals surface area contributed by atoms with Crippen molar-refractivity contribution in [1.82, 2.24) is 9.80 Å². The van der Waals surface area contributed by atoms with E-state index in [1.165, 1.54) is 0 Å². The van der Waals surface area contributed by atoms with Crippen LogP contribution in [0.25, 0.3) is 0 Å². The Labute approximate surface area is 280 Å². The van der Waals surface area contributed by atoms with E-state index in [0.29, 0.717) is 60.3 Å². The fourth-order valence-electron chi connectivity index (χ4n) is 8.50. The van der Waals surface area contributed by atoms with E-state index in [4.69, 9.17) is 18.9 Å². The van der Waals surface area contributed by atoms with Crippen LogP contribution in [-0.2, 0) is 24.2 Å². The molecular weight excluding hydrogens is 608 g/mol. The predicted molar refractivity (Wildman–Crippen MR) is 181 cm³/mol. The van der Waals surface area contributed by atoms with E-state index in [-0.39, 0.29) is 12.1 Å². The van der Waals surface area contributed by atoms with Gasteiger partial charge in [0.1, 0.15) is 0 Å². The number of carbonyl (C=O) groups is 2. The second kappa shape index (κ2) is 10.6. The van der Waals surface area contributed by atoms with Gasteiger partial charge >= 0.3 is 12.1 Å². The summed E-state index contributed by atoms with van der Waals surface area (Å²) >= 11 is 0. The largest absolute Gasteiger partial charge is 0.493 e. The fourth-order valence-corrected chi connectivity index (χ4v) is 8.50. The molecule has 2 saturated heterocycles. The third kappa shape index (κ3) is 3.57. The van der Waals surface area contributed by atoms with E-state index < -0.39 is 11.3 Å². The number of hydrogen-bond donors (Lipinski definition) is 0. The van der Waals surface area contributed by atoms with Crippen molar-refractivity contribution in [3.63, 3.8) is 0 Å². The molecular formula is C38H38N4O6. The number of urea groups is 2. The number of aryl methyl sites for hydroxylation is 2. The monoisotopic (exact) mass is 646 g/mol. The van der Waals surface area contributed by atoms with Crippen molar-refractivity contribution in [2.45, 2.75) is 38.0 Å². The Hall–Kier alpha value is -5.38. The van der Waals surface area contributed by atoms with Crippen LogP contribution in [-0.4, -0.2) is 63.4 Å². The number of ether oxygens (including phenoxy) is 4. The lowest BCUT2D eigenvalue weighted by Gasteiger charge is -2.54. The van der Waals surface area contributed by atoms with Crippen molar-refractivity contribution in [1.29, 1.82) is 0 Å². The Morgan fingerprint density at radius 2 is 0.854 bits per heavy atom. The standard InChI is InChI=1S/C38H38N4O6/c1-23-7-11-27(12-8-23)41-35(43)39-17-15-26-20-32(46-4)34(48-6)22-30(26)38(39)37(41)29-21-33(47-5)31(45-3)19-25(29)16-18-40(37)36(44)42(38)28-13-9-24(2)10-14-28/h7-14,19-22H,15-18H2,1-6H3. The first-order valence-corrected chi connectivity index (χ1v) is 16.1. The van der Waals surface area contributed by atoms with Crippen LogP contribution in [0.5, 0.6) is 23.0 Å². The summed E-state index contributed by atoms with van der Waals surface area (Å²) in [5, 5.41) is 0. The summed E-state index contributed by atoms with van der Waals surface area (Å²) in [5.74, 6) is 2.21. The SMILES string of the molecule is COc1cc2c(cc1OC)C13N(CC2)C(=O)N(c2ccc(C)cc2)C12c1cc(OC)c(OC)cc1CCN2C(=O)N3c1ccc(C)cc1. The van der Waals surface area contributed by atoms with Gasteiger partial charge in [-0.25, -0.2) is 9.59 Å². The number of benzene rings is 4. The van der Waals surface area contributed by atoms with E-state index in [1.807, 2.05) is 106 Å². The summed E-state index contributed by atoms with van der Waals surface area (Å²) in [7, 11) is 6.45. The first kappa shape index (κ1) is 30.0. The van der Waals surface area contributed by atoms with Crippen LogP contribution in [0, 0.1) is 13.8 Å². The van der Waals surface area contributed by atoms with Gasteiger partial charge in [0.2, 0.25) is 0 Å². The van der Waals surface area contributed by atoms with Crippen LogP contribution in [0.2, 0.25) is 0 Å². The third-order valence-corrected chi connectivity index (χ3v) is 10.5. The van der Waals surface area contributed by atoms with Crippen LogP contribution in [0.3, 0.4) is 0 Å². The highest BCUT2D eigenvalue weighted by atomic mass is 16.5. The molecule has 0 aromatic heterocycles. The number of carbonyl (C=O) groups excluding carboxylic acids is 2. The zero-order chi connectivity index (χ0) is 33.5. The van der Waals surface area contributed by atoms with Gasteiger partial charge < -0.3 is 18.9 Å². The highest BCUT2D eigenvalue weighted by Crippen LogP contribution is 2.67. The molecule has 48 heavy (non-hydrogen) atoms. The third-order valence-electron chi connectivity index (χ3n) is 10.5. The van der Waals surface area contributed by atoms with Crippen molar-refractivity contribution < 1.29 is 28.5 Å². The molecule has 2 fully saturated rings. The molecule has 0 aliphatic carbocycles. The molecule has 0 N–H and O–H groups in total. The highest BCUT2D eigenvalue weighted by molar-refractivity contribution is 6.08. The first-order chi connectivity index (χ1) is 23.3. The topological polar surface area (TPSA) is 84.0 Å². The van der Waals surface area contributed by atoms with Gasteiger partial charge in [-0.2, -0.15) is 0 Å². The summed E-state index contributed by atoms with van der Waals surface area (Å²) in [4.78, 5) is 38.2. The normalized spacial score (nSPS) is 22.1. The quantitative estimate of drug-likeness (QED) is 0.243. The van der Waals surface area contributed by atoms with E-state index in [9.17, 15) is 0 Å². The smallest absolute Gasteiger partial charge is 0.329 e. The van der Waals surface area contributed by atoms with Crippen LogP contribution < -0.4 is 28.7 Å². The van der Waals surface area contributed by atoms with Gasteiger partial charge in [-0.05, 0) is 86.3 Å². The summed E-state index contributed by atoms with van der Waals surface area (Å²) in [6.07, 6.45) is 1.13. The van der Waals surface area contributed by atoms with Crippen molar-refractivity contribution in [3.8, 4) is 23.0 Å². The van der Waals surface area contributed by atoms with Gasteiger partial charge in [-0.1, -0.05) is 35.4 Å². The number of methoxy groups -OCH3 is 4. The second-order valence-corrected chi connectivity index (χ2v) is 12.8. The molecule has 10 nitrogen and oxygen atoms in total. The number of hydrogen-bond acceptors (Lipinski definition) is 6. The Morgan fingerprint density at radius 1 is 0.521 bits per heavy atom. The molecule has 0 radical (unpaired) electrons. The molecule has 4 aromatic rings. The van der Waals surface area contributed by atoms with Crippen LogP contribution in [0.4, 0.5) is 21.0 Å². The second-order valence-electron chi connectivity index (χ2n) is 12.8. The molecule has 4 aliphatic rings. The summed E-state index contributed by atoms with van der Waals surface area (Å²) in [5.41, 5.74) is 4.30. The average molecular weight is 647 g/mol. The van der Waals surface area contributed by atoms with Gasteiger partial charge in [0, 0.05) is 35.6 Å². The minimum absolute atomic E-state index is 0.198. The first-order valence-electron chi connectivity index (χ1n) is 16.1. The maximum Gasteiger partial charge on any atom is 0.329 e. The Bertz CT molecular complexity index is 1840. The molecule has 0 bridgehead atoms. The maximum atomic E-state index is 15.4. The molecule has 2 spiro atoms. The van der Waals surface area contributed by atoms with E-state index >= 15 is 9.59 Å². The summed E-state index contributed by atoms with van der Waals surface area (Å²) in [6.45, 7) is 4.79. The van der Waals surface area contributed by atoms with Crippen LogP contribution in [0.15, 0.2) is 72.8 Å². The molecule has 4 heterocycles. The Balaban J connectivity index is 1.58. The van der Waals surface area contributed by atoms with Crippen molar-refractivity contribution in [2.75, 3.05) is 51.3 Å². The van der Waals surface area contributed by atoms with Gasteiger partial charge in [0.05, 0.1) is 28.4 Å². The molecule has 4 amide bonds. The fraction of sp³-hybridized carbons (Fsp3) is 0.316. The summed E-state index contributed by atoms with van der Waals surface area (Å²) < 4.78 is 23.4. The molecule has 4 aliphatic heterocycles. The van der Waals surface area contributed by atoms with Crippen LogP contribution >= 0.6 is 0 Å². The molecule has 2 unspecified atom stereocenters. The van der Waals surface area contributed by atoms with E-state index in [1.54, 1.807) is 28.4 Å². The van der Waals surface area contributed by atoms with Crippen molar-refractivity contribution >= 4 is 23.4 Å². The molecule has 4 aromatic carbocycles. The average Bonchev–Trinajstić information content (AvgIpc) is 3.47. The predicted octanol–water partition coefficient (Wildman–Crippen LogP) is 6.34. The Morgan fingerprint density at radius 3 is 1.19 bits per heavy atom. The van der Waals surface area contributed by atoms with Crippen molar-refractivity contribution in [3.05, 3.63) is 106 Å². The lowest BCUT2D eigenvalue weighted by Crippen LogP contribution is -2.67. The lowest BCUT2D eigenvalue weighted by molar-refractivity contribution is 0.0353. The summed E-state index contributed by atoms with van der Waals surface area (Å²) in [6, 6.07) is 23.4. The number of fused-ring (bicyclic) bond motifs is 2. The number of anilines is 2. The van der Waals surface area contributed by atoms with Gasteiger partial charge in [-0.15, -0.1) is 0 Å². The molecule has 0 saturated carbocycles. The number of amides is 4.